The summed E-state index contributed by atoms with van der Waals surface area (Å²) in [4.78, 5) is 12.1. The summed E-state index contributed by atoms with van der Waals surface area (Å²) in [5.74, 6) is 0.458. The fourth-order valence-corrected chi connectivity index (χ4v) is 1.86. The van der Waals surface area contributed by atoms with Crippen LogP contribution >= 0.6 is 11.6 Å². The minimum absolute atomic E-state index is 0.190. The van der Waals surface area contributed by atoms with E-state index in [0.717, 1.165) is 5.56 Å². The van der Waals surface area contributed by atoms with Crippen LogP contribution in [0.2, 0.25) is 5.02 Å². The lowest BCUT2D eigenvalue weighted by Gasteiger charge is -2.09. The highest BCUT2D eigenvalue weighted by Crippen LogP contribution is 2.21. The van der Waals surface area contributed by atoms with Crippen molar-refractivity contribution in [2.75, 3.05) is 12.4 Å². The van der Waals surface area contributed by atoms with Crippen molar-refractivity contribution in [3.8, 4) is 5.75 Å². The van der Waals surface area contributed by atoms with Crippen molar-refractivity contribution in [1.29, 1.82) is 0 Å². The summed E-state index contributed by atoms with van der Waals surface area (Å²) < 4.78 is 5.10. The number of amides is 1. The van der Waals surface area contributed by atoms with Gasteiger partial charge in [-0.3, -0.25) is 4.79 Å². The van der Waals surface area contributed by atoms with Crippen LogP contribution in [0.15, 0.2) is 42.5 Å². The van der Waals surface area contributed by atoms with E-state index in [4.69, 9.17) is 16.3 Å². The van der Waals surface area contributed by atoms with Gasteiger partial charge in [-0.25, -0.2) is 0 Å². The molecule has 0 aliphatic carbocycles. The number of aryl methyl sites for hydroxylation is 1. The van der Waals surface area contributed by atoms with Crippen LogP contribution in [0.1, 0.15) is 15.9 Å². The van der Waals surface area contributed by atoms with E-state index in [1.165, 1.54) is 0 Å². The number of anilines is 1. The normalized spacial score (nSPS) is 10.1. The maximum Gasteiger partial charge on any atom is 0.255 e. The average Bonchev–Trinajstić information content (AvgIpc) is 2.43. The molecule has 19 heavy (non-hydrogen) atoms. The van der Waals surface area contributed by atoms with Gasteiger partial charge in [0.25, 0.3) is 5.91 Å². The molecule has 0 fully saturated rings. The van der Waals surface area contributed by atoms with E-state index in [1.54, 1.807) is 43.5 Å². The smallest absolute Gasteiger partial charge is 0.255 e. The lowest BCUT2D eigenvalue weighted by molar-refractivity contribution is 0.102. The van der Waals surface area contributed by atoms with Crippen molar-refractivity contribution >= 4 is 23.2 Å². The lowest BCUT2D eigenvalue weighted by Crippen LogP contribution is -2.12. The van der Waals surface area contributed by atoms with Crippen molar-refractivity contribution in [3.05, 3.63) is 58.6 Å². The number of carbonyl (C=O) groups is 1. The molecule has 0 atom stereocenters. The molecule has 0 aliphatic rings. The second-order valence-electron chi connectivity index (χ2n) is 4.15. The second-order valence-corrected chi connectivity index (χ2v) is 4.58. The van der Waals surface area contributed by atoms with Crippen molar-refractivity contribution in [1.82, 2.24) is 0 Å². The lowest BCUT2D eigenvalue weighted by atomic mass is 10.1. The molecule has 1 N–H and O–H groups in total. The topological polar surface area (TPSA) is 38.3 Å². The first-order chi connectivity index (χ1) is 9.10. The second kappa shape index (κ2) is 5.76. The Balaban J connectivity index is 2.22. The average molecular weight is 276 g/mol. The molecule has 98 valence electrons. The Labute approximate surface area is 117 Å². The van der Waals surface area contributed by atoms with Crippen LogP contribution in [0.5, 0.6) is 5.75 Å². The van der Waals surface area contributed by atoms with Gasteiger partial charge in [0.05, 0.1) is 7.11 Å². The van der Waals surface area contributed by atoms with Gasteiger partial charge in [0.1, 0.15) is 5.75 Å². The Bertz CT molecular complexity index is 611. The molecule has 4 heteroatoms. The Morgan fingerprint density at radius 1 is 1.21 bits per heavy atom. The Kier molecular flexibility index (Phi) is 4.07. The third-order valence-corrected chi connectivity index (χ3v) is 3.01. The van der Waals surface area contributed by atoms with Crippen LogP contribution < -0.4 is 10.1 Å². The maximum absolute atomic E-state index is 12.1. The molecule has 0 heterocycles. The van der Waals surface area contributed by atoms with Crippen LogP contribution in [0, 0.1) is 6.92 Å². The zero-order valence-electron chi connectivity index (χ0n) is 10.7. The highest BCUT2D eigenvalue weighted by molar-refractivity contribution is 6.31. The molecule has 0 bridgehead atoms. The Morgan fingerprint density at radius 3 is 2.74 bits per heavy atom. The first kappa shape index (κ1) is 13.4. The number of hydrogen-bond donors (Lipinski definition) is 1. The van der Waals surface area contributed by atoms with Gasteiger partial charge >= 0.3 is 0 Å². The van der Waals surface area contributed by atoms with Gasteiger partial charge in [-0.2, -0.15) is 0 Å². The molecule has 0 aliphatic heterocycles. The molecule has 0 spiro atoms. The predicted molar refractivity (Wildman–Crippen MR) is 77.1 cm³/mol. The van der Waals surface area contributed by atoms with E-state index < -0.39 is 0 Å². The number of halogens is 1. The SMILES string of the molecule is COc1cccc(C(=O)Nc2cc(Cl)ccc2C)c1. The molecule has 3 nitrogen and oxygen atoms in total. The van der Waals surface area contributed by atoms with Crippen molar-refractivity contribution in [3.63, 3.8) is 0 Å². The van der Waals surface area contributed by atoms with E-state index >= 15 is 0 Å². The zero-order chi connectivity index (χ0) is 13.8. The fraction of sp³-hybridized carbons (Fsp3) is 0.133. The molecule has 2 aromatic carbocycles. The van der Waals surface area contributed by atoms with E-state index in [0.29, 0.717) is 22.0 Å². The quantitative estimate of drug-likeness (QED) is 0.922. The van der Waals surface area contributed by atoms with Crippen LogP contribution in [-0.4, -0.2) is 13.0 Å². The van der Waals surface area contributed by atoms with Crippen molar-refractivity contribution in [2.24, 2.45) is 0 Å². The summed E-state index contributed by atoms with van der Waals surface area (Å²) in [6.45, 7) is 1.91. The van der Waals surface area contributed by atoms with Crippen molar-refractivity contribution in [2.45, 2.75) is 6.92 Å². The van der Waals surface area contributed by atoms with Gasteiger partial charge in [-0.15, -0.1) is 0 Å². The summed E-state index contributed by atoms with van der Waals surface area (Å²) in [6.07, 6.45) is 0. The van der Waals surface area contributed by atoms with Crippen LogP contribution in [0.3, 0.4) is 0 Å². The van der Waals surface area contributed by atoms with Crippen LogP contribution in [0.4, 0.5) is 5.69 Å². The Hall–Kier alpha value is -2.00. The minimum atomic E-state index is -0.190. The molecule has 0 saturated carbocycles. The number of hydrogen-bond acceptors (Lipinski definition) is 2. The monoisotopic (exact) mass is 275 g/mol. The predicted octanol–water partition coefficient (Wildman–Crippen LogP) is 3.91. The largest absolute Gasteiger partial charge is 0.497 e. The molecule has 0 radical (unpaired) electrons. The summed E-state index contributed by atoms with van der Waals surface area (Å²) in [5.41, 5.74) is 2.21. The molecule has 0 unspecified atom stereocenters. The van der Waals surface area contributed by atoms with Gasteiger partial charge in [-0.1, -0.05) is 23.7 Å². The molecule has 2 rings (SSSR count). The number of nitrogens with one attached hydrogen (secondary N) is 1. The highest BCUT2D eigenvalue weighted by atomic mass is 35.5. The fourth-order valence-electron chi connectivity index (χ4n) is 1.69. The van der Waals surface area contributed by atoms with Crippen molar-refractivity contribution < 1.29 is 9.53 Å². The maximum atomic E-state index is 12.1. The van der Waals surface area contributed by atoms with E-state index in [2.05, 4.69) is 5.32 Å². The molecular weight excluding hydrogens is 262 g/mol. The van der Waals surface area contributed by atoms with Crippen LogP contribution in [-0.2, 0) is 0 Å². The number of carbonyl (C=O) groups excluding carboxylic acids is 1. The van der Waals surface area contributed by atoms with E-state index in [9.17, 15) is 4.79 Å². The van der Waals surface area contributed by atoms with Gasteiger partial charge in [0, 0.05) is 16.3 Å². The van der Waals surface area contributed by atoms with E-state index in [-0.39, 0.29) is 5.91 Å². The number of rotatable bonds is 3. The summed E-state index contributed by atoms with van der Waals surface area (Å²) in [6, 6.07) is 12.4. The van der Waals surface area contributed by atoms with Gasteiger partial charge < -0.3 is 10.1 Å². The van der Waals surface area contributed by atoms with E-state index in [1.807, 2.05) is 13.0 Å². The number of ether oxygens (including phenoxy) is 1. The third kappa shape index (κ3) is 3.26. The first-order valence-corrected chi connectivity index (χ1v) is 6.19. The first-order valence-electron chi connectivity index (χ1n) is 5.81. The standard InChI is InChI=1S/C15H14ClNO2/c1-10-6-7-12(16)9-14(10)17-15(18)11-4-3-5-13(8-11)19-2/h3-9H,1-2H3,(H,17,18). The number of methoxy groups -OCH3 is 1. The van der Waals surface area contributed by atoms with Crippen LogP contribution in [0.25, 0.3) is 0 Å². The van der Waals surface area contributed by atoms with Gasteiger partial charge in [0.2, 0.25) is 0 Å². The minimum Gasteiger partial charge on any atom is -0.497 e. The number of benzene rings is 2. The highest BCUT2D eigenvalue weighted by Gasteiger charge is 2.09. The van der Waals surface area contributed by atoms with Gasteiger partial charge in [0.15, 0.2) is 0 Å². The molecular formula is C15H14ClNO2. The molecule has 0 saturated heterocycles. The Morgan fingerprint density at radius 2 is 2.00 bits per heavy atom. The molecule has 0 aromatic heterocycles. The molecule has 2 aromatic rings. The summed E-state index contributed by atoms with van der Waals surface area (Å²) in [5, 5.41) is 3.43. The third-order valence-electron chi connectivity index (χ3n) is 2.78. The summed E-state index contributed by atoms with van der Waals surface area (Å²) in [7, 11) is 1.57. The molecule has 1 amide bonds. The summed E-state index contributed by atoms with van der Waals surface area (Å²) >= 11 is 5.92. The zero-order valence-corrected chi connectivity index (χ0v) is 11.5. The van der Waals surface area contributed by atoms with Gasteiger partial charge in [-0.05, 0) is 42.8 Å².